The van der Waals surface area contributed by atoms with Crippen LogP contribution in [0.1, 0.15) is 6.42 Å². The second-order valence-corrected chi connectivity index (χ2v) is 2.35. The third-order valence-electron chi connectivity index (χ3n) is 1.72. The number of amides is 1. The molecule has 0 aromatic rings. The fraction of sp³-hybridized carbons (Fsp3) is 0.833. The molecule has 0 radical (unpaired) electrons. The Labute approximate surface area is 64.2 Å². The van der Waals surface area contributed by atoms with Crippen LogP contribution in [0, 0.1) is 5.92 Å². The van der Waals surface area contributed by atoms with E-state index in [1.54, 1.807) is 5.48 Å². The number of ether oxygens (including phenoxy) is 2. The van der Waals surface area contributed by atoms with E-state index in [4.69, 9.17) is 14.7 Å². The van der Waals surface area contributed by atoms with Gasteiger partial charge in [0.15, 0.2) is 6.29 Å². The van der Waals surface area contributed by atoms with Crippen molar-refractivity contribution in [2.24, 2.45) is 5.92 Å². The maximum Gasteiger partial charge on any atom is 0.251 e. The Kier molecular flexibility index (Phi) is 2.81. The molecule has 0 bridgehead atoms. The van der Waals surface area contributed by atoms with Crippen LogP contribution in [0.3, 0.4) is 0 Å². The summed E-state index contributed by atoms with van der Waals surface area (Å²) in [6, 6.07) is 0. The molecule has 0 aromatic heterocycles. The van der Waals surface area contributed by atoms with Crippen LogP contribution in [0.25, 0.3) is 0 Å². The molecule has 0 aliphatic carbocycles. The van der Waals surface area contributed by atoms with E-state index < -0.39 is 12.2 Å². The summed E-state index contributed by atoms with van der Waals surface area (Å²) in [5.74, 6) is -0.834. The highest BCUT2D eigenvalue weighted by Gasteiger charge is 2.33. The third kappa shape index (κ3) is 1.68. The van der Waals surface area contributed by atoms with E-state index in [-0.39, 0.29) is 5.92 Å². The minimum Gasteiger partial charge on any atom is -0.355 e. The van der Waals surface area contributed by atoms with E-state index in [0.717, 1.165) is 0 Å². The first kappa shape index (κ1) is 8.45. The first-order chi connectivity index (χ1) is 5.29. The molecule has 1 heterocycles. The van der Waals surface area contributed by atoms with E-state index >= 15 is 0 Å². The van der Waals surface area contributed by atoms with Crippen LogP contribution in [-0.2, 0) is 14.3 Å². The summed E-state index contributed by atoms with van der Waals surface area (Å²) in [5, 5.41) is 8.30. The van der Waals surface area contributed by atoms with Crippen molar-refractivity contribution >= 4 is 5.91 Å². The second kappa shape index (κ2) is 3.66. The lowest BCUT2D eigenvalue weighted by Crippen LogP contribution is -2.34. The maximum absolute atomic E-state index is 10.9. The van der Waals surface area contributed by atoms with Crippen molar-refractivity contribution in [2.45, 2.75) is 12.7 Å². The summed E-state index contributed by atoms with van der Waals surface area (Å²) in [6.07, 6.45) is 0.0763. The Hall–Kier alpha value is -0.650. The summed E-state index contributed by atoms with van der Waals surface area (Å²) < 4.78 is 9.90. The fourth-order valence-corrected chi connectivity index (χ4v) is 1.13. The zero-order chi connectivity index (χ0) is 8.27. The quantitative estimate of drug-likeness (QED) is 0.423. The average molecular weight is 161 g/mol. The molecule has 2 unspecified atom stereocenters. The van der Waals surface area contributed by atoms with E-state index in [1.165, 1.54) is 7.11 Å². The van der Waals surface area contributed by atoms with Crippen LogP contribution < -0.4 is 5.48 Å². The topological polar surface area (TPSA) is 67.8 Å². The largest absolute Gasteiger partial charge is 0.355 e. The molecule has 1 fully saturated rings. The van der Waals surface area contributed by atoms with Gasteiger partial charge in [-0.05, 0) is 6.42 Å². The smallest absolute Gasteiger partial charge is 0.251 e. The minimum atomic E-state index is -0.512. The van der Waals surface area contributed by atoms with E-state index in [2.05, 4.69) is 0 Å². The molecule has 5 nitrogen and oxygen atoms in total. The van der Waals surface area contributed by atoms with Crippen LogP contribution in [-0.4, -0.2) is 31.1 Å². The van der Waals surface area contributed by atoms with Crippen molar-refractivity contribution in [3.8, 4) is 0 Å². The summed E-state index contributed by atoms with van der Waals surface area (Å²) in [7, 11) is 1.47. The number of carbonyl (C=O) groups excluding carboxylic acids is 1. The fourth-order valence-electron chi connectivity index (χ4n) is 1.13. The Morgan fingerprint density at radius 2 is 2.55 bits per heavy atom. The van der Waals surface area contributed by atoms with Crippen LogP contribution in [0.15, 0.2) is 0 Å². The standard InChI is InChI=1S/C6H11NO4/c1-10-6-4(2-3-11-6)5(8)7-9/h4,6,9H,2-3H2,1H3,(H,7,8). The highest BCUT2D eigenvalue weighted by atomic mass is 16.7. The predicted molar refractivity (Wildman–Crippen MR) is 34.8 cm³/mol. The summed E-state index contributed by atoms with van der Waals surface area (Å²) in [4.78, 5) is 10.9. The molecule has 2 N–H and O–H groups in total. The Bertz CT molecular complexity index is 150. The molecule has 2 atom stereocenters. The molecular formula is C6H11NO4. The molecule has 1 aliphatic rings. The number of hydrogen-bond acceptors (Lipinski definition) is 4. The Morgan fingerprint density at radius 3 is 3.09 bits per heavy atom. The van der Waals surface area contributed by atoms with Crippen molar-refractivity contribution in [3.05, 3.63) is 0 Å². The average Bonchev–Trinajstić information content (AvgIpc) is 2.50. The Balaban J connectivity index is 2.49. The maximum atomic E-state index is 10.9. The second-order valence-electron chi connectivity index (χ2n) is 2.35. The number of hydrogen-bond donors (Lipinski definition) is 2. The molecular weight excluding hydrogens is 150 g/mol. The van der Waals surface area contributed by atoms with Crippen LogP contribution in [0.2, 0.25) is 0 Å². The van der Waals surface area contributed by atoms with Crippen LogP contribution >= 0.6 is 0 Å². The third-order valence-corrected chi connectivity index (χ3v) is 1.72. The number of carbonyl (C=O) groups is 1. The summed E-state index contributed by atoms with van der Waals surface area (Å²) in [5.41, 5.74) is 1.57. The van der Waals surface area contributed by atoms with Crippen molar-refractivity contribution in [1.29, 1.82) is 0 Å². The zero-order valence-corrected chi connectivity index (χ0v) is 6.24. The lowest BCUT2D eigenvalue weighted by Gasteiger charge is -2.13. The van der Waals surface area contributed by atoms with E-state index in [0.29, 0.717) is 13.0 Å². The van der Waals surface area contributed by atoms with Gasteiger partial charge in [0.05, 0.1) is 12.5 Å². The molecule has 0 saturated carbocycles. The van der Waals surface area contributed by atoms with Crippen molar-refractivity contribution < 1.29 is 19.5 Å². The minimum absolute atomic E-state index is 0.384. The van der Waals surface area contributed by atoms with Gasteiger partial charge in [-0.1, -0.05) is 0 Å². The molecule has 1 aliphatic heterocycles. The first-order valence-corrected chi connectivity index (χ1v) is 3.38. The normalized spacial score (nSPS) is 30.4. The molecule has 11 heavy (non-hydrogen) atoms. The van der Waals surface area contributed by atoms with Crippen molar-refractivity contribution in [1.82, 2.24) is 5.48 Å². The van der Waals surface area contributed by atoms with E-state index in [9.17, 15) is 4.79 Å². The molecule has 1 saturated heterocycles. The van der Waals surface area contributed by atoms with E-state index in [1.807, 2.05) is 0 Å². The molecule has 1 amide bonds. The first-order valence-electron chi connectivity index (χ1n) is 3.38. The molecule has 5 heteroatoms. The van der Waals surface area contributed by atoms with Gasteiger partial charge in [0, 0.05) is 7.11 Å². The van der Waals surface area contributed by atoms with Gasteiger partial charge >= 0.3 is 0 Å². The number of hydroxylamine groups is 1. The Morgan fingerprint density at radius 1 is 1.82 bits per heavy atom. The zero-order valence-electron chi connectivity index (χ0n) is 6.24. The summed E-state index contributed by atoms with van der Waals surface area (Å²) in [6.45, 7) is 0.497. The molecule has 1 rings (SSSR count). The van der Waals surface area contributed by atoms with Crippen molar-refractivity contribution in [2.75, 3.05) is 13.7 Å². The molecule has 64 valence electrons. The SMILES string of the molecule is COC1OCCC1C(=O)NO. The van der Waals surface area contributed by atoms with Gasteiger partial charge in [-0.15, -0.1) is 0 Å². The highest BCUT2D eigenvalue weighted by molar-refractivity contribution is 5.78. The number of nitrogens with one attached hydrogen (secondary N) is 1. The van der Waals surface area contributed by atoms with Gasteiger partial charge < -0.3 is 9.47 Å². The number of rotatable bonds is 2. The van der Waals surface area contributed by atoms with Gasteiger partial charge in [0.1, 0.15) is 0 Å². The van der Waals surface area contributed by atoms with Crippen LogP contribution in [0.4, 0.5) is 0 Å². The summed E-state index contributed by atoms with van der Waals surface area (Å²) >= 11 is 0. The monoisotopic (exact) mass is 161 g/mol. The number of methoxy groups -OCH3 is 1. The van der Waals surface area contributed by atoms with Gasteiger partial charge in [-0.2, -0.15) is 0 Å². The van der Waals surface area contributed by atoms with Gasteiger partial charge in [0.25, 0.3) is 5.91 Å². The van der Waals surface area contributed by atoms with Gasteiger partial charge in [-0.25, -0.2) is 5.48 Å². The van der Waals surface area contributed by atoms with Gasteiger partial charge in [0.2, 0.25) is 0 Å². The van der Waals surface area contributed by atoms with Crippen molar-refractivity contribution in [3.63, 3.8) is 0 Å². The predicted octanol–water partition coefficient (Wildman–Crippen LogP) is -0.499. The van der Waals surface area contributed by atoms with Crippen LogP contribution in [0.5, 0.6) is 0 Å². The lowest BCUT2D eigenvalue weighted by atomic mass is 10.1. The lowest BCUT2D eigenvalue weighted by molar-refractivity contribution is -0.150. The van der Waals surface area contributed by atoms with Gasteiger partial charge in [-0.3, -0.25) is 10.0 Å². The molecule has 0 spiro atoms. The molecule has 0 aromatic carbocycles. The highest BCUT2D eigenvalue weighted by Crippen LogP contribution is 2.20.